The van der Waals surface area contributed by atoms with Gasteiger partial charge in [0.05, 0.1) is 18.8 Å². The van der Waals surface area contributed by atoms with Gasteiger partial charge in [-0.1, -0.05) is 6.07 Å². The van der Waals surface area contributed by atoms with Gasteiger partial charge < -0.3 is 14.7 Å². The molecular weight excluding hydrogens is 272 g/mol. The Morgan fingerprint density at radius 3 is 2.76 bits per heavy atom. The fourth-order valence-electron chi connectivity index (χ4n) is 2.17. The molecule has 0 atom stereocenters. The third-order valence-electron chi connectivity index (χ3n) is 3.31. The van der Waals surface area contributed by atoms with Crippen LogP contribution in [0.1, 0.15) is 29.9 Å². The number of hydrogen-bond acceptors (Lipinski definition) is 4. The highest BCUT2D eigenvalue weighted by Crippen LogP contribution is 2.21. The van der Waals surface area contributed by atoms with Crippen molar-refractivity contribution >= 4 is 18.0 Å². The number of carbonyl (C=O) groups excluding carboxylic acids is 1. The van der Waals surface area contributed by atoms with E-state index in [9.17, 15) is 9.59 Å². The van der Waals surface area contributed by atoms with E-state index in [-0.39, 0.29) is 11.4 Å². The molecule has 1 saturated heterocycles. The molecule has 2 rings (SSSR count). The maximum Gasteiger partial charge on any atom is 0.328 e. The lowest BCUT2D eigenvalue weighted by molar-refractivity contribution is -0.131. The highest BCUT2D eigenvalue weighted by Gasteiger charge is 2.34. The van der Waals surface area contributed by atoms with E-state index in [4.69, 9.17) is 9.84 Å². The number of carboxylic acid groups (broad SMARTS) is 1. The molecule has 112 valence electrons. The lowest BCUT2D eigenvalue weighted by Gasteiger charge is -2.41. The first-order chi connectivity index (χ1) is 9.90. The number of carbonyl (C=O) groups is 2. The maximum absolute atomic E-state index is 12.5. The van der Waals surface area contributed by atoms with Crippen molar-refractivity contribution in [3.05, 3.63) is 35.7 Å². The molecule has 0 bridgehead atoms. The van der Waals surface area contributed by atoms with Gasteiger partial charge in [0.1, 0.15) is 5.69 Å². The third-order valence-corrected chi connectivity index (χ3v) is 3.31. The fourth-order valence-corrected chi connectivity index (χ4v) is 2.17. The zero-order valence-corrected chi connectivity index (χ0v) is 12.1. The van der Waals surface area contributed by atoms with Crippen molar-refractivity contribution < 1.29 is 19.4 Å². The van der Waals surface area contributed by atoms with E-state index in [0.717, 1.165) is 6.08 Å². The molecule has 1 aromatic rings. The lowest BCUT2D eigenvalue weighted by Crippen LogP contribution is -2.55. The molecule has 0 saturated carbocycles. The van der Waals surface area contributed by atoms with E-state index >= 15 is 0 Å². The lowest BCUT2D eigenvalue weighted by atomic mass is 10.0. The summed E-state index contributed by atoms with van der Waals surface area (Å²) in [6.07, 6.45) is 3.95. The number of nitrogens with zero attached hydrogens (tertiary/aromatic N) is 2. The standard InChI is InChI=1S/C15H18N2O4/c1-15(2)10-21-8-7-17(15)14(20)12-5-3-11(9-16-12)4-6-13(18)19/h3-6,9H,7-8,10H2,1-2H3,(H,18,19). The van der Waals surface area contributed by atoms with Crippen LogP contribution in [0.5, 0.6) is 0 Å². The minimum atomic E-state index is -1.02. The summed E-state index contributed by atoms with van der Waals surface area (Å²) in [7, 11) is 0. The van der Waals surface area contributed by atoms with Crippen LogP contribution in [-0.2, 0) is 9.53 Å². The van der Waals surface area contributed by atoms with Gasteiger partial charge in [-0.2, -0.15) is 0 Å². The number of morpholine rings is 1. The fraction of sp³-hybridized carbons (Fsp3) is 0.400. The molecule has 0 radical (unpaired) electrons. The Bertz CT molecular complexity index is 564. The van der Waals surface area contributed by atoms with Gasteiger partial charge in [-0.05, 0) is 31.6 Å². The zero-order valence-electron chi connectivity index (χ0n) is 12.1. The van der Waals surface area contributed by atoms with E-state index in [0.29, 0.717) is 31.0 Å². The number of rotatable bonds is 3. The molecule has 21 heavy (non-hydrogen) atoms. The molecule has 1 N–H and O–H groups in total. The van der Waals surface area contributed by atoms with Crippen LogP contribution in [0.4, 0.5) is 0 Å². The van der Waals surface area contributed by atoms with E-state index in [1.807, 2.05) is 13.8 Å². The number of aromatic nitrogens is 1. The molecule has 1 aromatic heterocycles. The third kappa shape index (κ3) is 3.66. The summed E-state index contributed by atoms with van der Waals surface area (Å²) < 4.78 is 5.40. The number of aliphatic carboxylic acids is 1. The van der Waals surface area contributed by atoms with Gasteiger partial charge >= 0.3 is 5.97 Å². The van der Waals surface area contributed by atoms with Crippen LogP contribution >= 0.6 is 0 Å². The first kappa shape index (κ1) is 15.2. The van der Waals surface area contributed by atoms with Gasteiger partial charge in [0, 0.05) is 18.8 Å². The Labute approximate surface area is 123 Å². The van der Waals surface area contributed by atoms with Crippen molar-refractivity contribution in [2.45, 2.75) is 19.4 Å². The number of amides is 1. The summed E-state index contributed by atoms with van der Waals surface area (Å²) in [5.74, 6) is -1.16. The predicted molar refractivity (Wildman–Crippen MR) is 76.8 cm³/mol. The van der Waals surface area contributed by atoms with E-state index in [2.05, 4.69) is 4.98 Å². The second-order valence-corrected chi connectivity index (χ2v) is 5.47. The summed E-state index contributed by atoms with van der Waals surface area (Å²) in [6, 6.07) is 3.28. The Kier molecular flexibility index (Phi) is 4.37. The van der Waals surface area contributed by atoms with Gasteiger partial charge in [-0.25, -0.2) is 4.79 Å². The van der Waals surface area contributed by atoms with Crippen LogP contribution in [0.3, 0.4) is 0 Å². The molecule has 1 fully saturated rings. The molecule has 0 aliphatic carbocycles. The van der Waals surface area contributed by atoms with Crippen molar-refractivity contribution in [3.8, 4) is 0 Å². The van der Waals surface area contributed by atoms with Gasteiger partial charge in [0.15, 0.2) is 0 Å². The summed E-state index contributed by atoms with van der Waals surface area (Å²) >= 11 is 0. The summed E-state index contributed by atoms with van der Waals surface area (Å²) in [5, 5.41) is 8.57. The summed E-state index contributed by atoms with van der Waals surface area (Å²) in [6.45, 7) is 5.46. The van der Waals surface area contributed by atoms with Gasteiger partial charge in [0.25, 0.3) is 5.91 Å². The van der Waals surface area contributed by atoms with Crippen LogP contribution in [-0.4, -0.2) is 52.2 Å². The van der Waals surface area contributed by atoms with Crippen LogP contribution in [0, 0.1) is 0 Å². The van der Waals surface area contributed by atoms with Gasteiger partial charge in [0.2, 0.25) is 0 Å². The molecule has 0 aromatic carbocycles. The molecule has 1 aliphatic rings. The van der Waals surface area contributed by atoms with Crippen molar-refractivity contribution in [2.75, 3.05) is 19.8 Å². The van der Waals surface area contributed by atoms with E-state index < -0.39 is 5.97 Å². The minimum Gasteiger partial charge on any atom is -0.478 e. The van der Waals surface area contributed by atoms with E-state index in [1.54, 1.807) is 17.0 Å². The Balaban J connectivity index is 2.14. The number of ether oxygens (including phenoxy) is 1. The van der Waals surface area contributed by atoms with Crippen LogP contribution in [0.15, 0.2) is 24.4 Å². The quantitative estimate of drug-likeness (QED) is 0.852. The monoisotopic (exact) mass is 290 g/mol. The Morgan fingerprint density at radius 2 is 2.19 bits per heavy atom. The molecule has 1 aliphatic heterocycles. The second kappa shape index (κ2) is 6.05. The average Bonchev–Trinajstić information content (AvgIpc) is 2.44. The highest BCUT2D eigenvalue weighted by molar-refractivity contribution is 5.93. The Hall–Kier alpha value is -2.21. The molecular formula is C15H18N2O4. The average molecular weight is 290 g/mol. The van der Waals surface area contributed by atoms with Crippen molar-refractivity contribution in [3.63, 3.8) is 0 Å². The Morgan fingerprint density at radius 1 is 1.43 bits per heavy atom. The molecule has 6 heteroatoms. The maximum atomic E-state index is 12.5. The topological polar surface area (TPSA) is 79.7 Å². The first-order valence-corrected chi connectivity index (χ1v) is 6.67. The summed E-state index contributed by atoms with van der Waals surface area (Å²) in [4.78, 5) is 28.8. The van der Waals surface area contributed by atoms with Crippen molar-refractivity contribution in [1.82, 2.24) is 9.88 Å². The largest absolute Gasteiger partial charge is 0.478 e. The molecule has 6 nitrogen and oxygen atoms in total. The van der Waals surface area contributed by atoms with Gasteiger partial charge in [-0.3, -0.25) is 9.78 Å². The van der Waals surface area contributed by atoms with E-state index in [1.165, 1.54) is 12.3 Å². The SMILES string of the molecule is CC1(C)COCCN1C(=O)c1ccc(C=CC(=O)O)cn1. The van der Waals surface area contributed by atoms with Gasteiger partial charge in [-0.15, -0.1) is 0 Å². The van der Waals surface area contributed by atoms with Crippen LogP contribution in [0.2, 0.25) is 0 Å². The normalized spacial score (nSPS) is 17.9. The van der Waals surface area contributed by atoms with Crippen molar-refractivity contribution in [1.29, 1.82) is 0 Å². The van der Waals surface area contributed by atoms with Crippen molar-refractivity contribution in [2.24, 2.45) is 0 Å². The molecule has 2 heterocycles. The van der Waals surface area contributed by atoms with Crippen LogP contribution < -0.4 is 0 Å². The predicted octanol–water partition coefficient (Wildman–Crippen LogP) is 1.43. The molecule has 1 amide bonds. The minimum absolute atomic E-state index is 0.142. The molecule has 0 unspecified atom stereocenters. The summed E-state index contributed by atoms with van der Waals surface area (Å²) in [5.41, 5.74) is 0.617. The number of hydrogen-bond donors (Lipinski definition) is 1. The highest BCUT2D eigenvalue weighted by atomic mass is 16.5. The first-order valence-electron chi connectivity index (χ1n) is 6.67. The van der Waals surface area contributed by atoms with Crippen LogP contribution in [0.25, 0.3) is 6.08 Å². The smallest absolute Gasteiger partial charge is 0.328 e. The zero-order chi connectivity index (χ0) is 15.5. The second-order valence-electron chi connectivity index (χ2n) is 5.47. The molecule has 0 spiro atoms. The number of carboxylic acids is 1. The number of pyridine rings is 1.